The van der Waals surface area contributed by atoms with Gasteiger partial charge in [-0.1, -0.05) is 12.1 Å². The van der Waals surface area contributed by atoms with Crippen molar-refractivity contribution in [3.05, 3.63) is 65.7 Å². The lowest BCUT2D eigenvalue weighted by Gasteiger charge is -2.38. The molecule has 15 nitrogen and oxygen atoms in total. The number of aliphatic hydroxyl groups excluding tert-OH is 2. The third-order valence-corrected chi connectivity index (χ3v) is 11.5. The molecule has 7 rings (SSSR count). The number of nitrogens with two attached hydrogens (primary N) is 1. The molecule has 288 valence electrons. The highest BCUT2D eigenvalue weighted by Gasteiger charge is 2.30. The molecule has 6 heterocycles. The SMILES string of the molecule is NC(=O)c1ncc(N2CCC[C@@H](CO)C2)nc1Nc1ccc(C2CCN(CC3CCN(c4ccc(C(=O)NC5CCC(=O)NC5O)nc4)CC3)CC2)cc1. The fourth-order valence-corrected chi connectivity index (χ4v) is 8.27. The molecular weight excluding hydrogens is 688 g/mol. The van der Waals surface area contributed by atoms with Crippen LogP contribution in [-0.2, 0) is 4.79 Å². The third-order valence-electron chi connectivity index (χ3n) is 11.5. The molecule has 4 aliphatic rings. The van der Waals surface area contributed by atoms with Gasteiger partial charge in [0.25, 0.3) is 11.8 Å². The van der Waals surface area contributed by atoms with Crippen LogP contribution < -0.4 is 31.5 Å². The van der Waals surface area contributed by atoms with Crippen LogP contribution >= 0.6 is 0 Å². The number of aliphatic hydroxyl groups is 2. The van der Waals surface area contributed by atoms with Crippen molar-refractivity contribution in [3.63, 3.8) is 0 Å². The molecule has 3 atom stereocenters. The number of rotatable bonds is 11. The maximum atomic E-state index is 12.7. The molecule has 2 aromatic heterocycles. The van der Waals surface area contributed by atoms with Crippen molar-refractivity contribution < 1.29 is 24.6 Å². The van der Waals surface area contributed by atoms with E-state index in [2.05, 4.69) is 52.8 Å². The molecule has 54 heavy (non-hydrogen) atoms. The highest BCUT2D eigenvalue weighted by molar-refractivity contribution is 5.96. The van der Waals surface area contributed by atoms with Crippen LogP contribution in [0.15, 0.2) is 48.8 Å². The van der Waals surface area contributed by atoms with Crippen molar-refractivity contribution in [1.82, 2.24) is 30.5 Å². The second-order valence-electron chi connectivity index (χ2n) is 15.2. The highest BCUT2D eigenvalue weighted by Crippen LogP contribution is 2.32. The molecule has 1 aromatic carbocycles. The number of nitrogens with one attached hydrogen (secondary N) is 3. The molecule has 0 saturated carbocycles. The number of aromatic nitrogens is 3. The number of primary amides is 1. The summed E-state index contributed by atoms with van der Waals surface area (Å²) >= 11 is 0. The van der Waals surface area contributed by atoms with Crippen molar-refractivity contribution in [2.45, 2.75) is 69.6 Å². The minimum Gasteiger partial charge on any atom is -0.396 e. The summed E-state index contributed by atoms with van der Waals surface area (Å²) in [5.74, 6) is 1.11. The number of hydrogen-bond acceptors (Lipinski definition) is 12. The first-order valence-corrected chi connectivity index (χ1v) is 19.3. The molecule has 0 aliphatic carbocycles. The lowest BCUT2D eigenvalue weighted by Crippen LogP contribution is -2.55. The first-order chi connectivity index (χ1) is 26.2. The van der Waals surface area contributed by atoms with Crippen LogP contribution in [0.4, 0.5) is 23.0 Å². The molecule has 15 heteroatoms. The number of benzene rings is 1. The molecule has 3 amide bonds. The summed E-state index contributed by atoms with van der Waals surface area (Å²) in [5.41, 5.74) is 9.15. The number of carbonyl (C=O) groups excluding carboxylic acids is 3. The summed E-state index contributed by atoms with van der Waals surface area (Å²) in [5, 5.41) is 28.2. The van der Waals surface area contributed by atoms with Gasteiger partial charge in [0.05, 0.1) is 24.1 Å². The molecular formula is C39H52N10O5. The molecule has 4 fully saturated rings. The highest BCUT2D eigenvalue weighted by atomic mass is 16.3. The smallest absolute Gasteiger partial charge is 0.271 e. The Kier molecular flexibility index (Phi) is 11.8. The summed E-state index contributed by atoms with van der Waals surface area (Å²) in [6.07, 6.45) is 9.26. The van der Waals surface area contributed by atoms with Gasteiger partial charge in [-0.15, -0.1) is 0 Å². The lowest BCUT2D eigenvalue weighted by molar-refractivity contribution is -0.127. The van der Waals surface area contributed by atoms with Crippen LogP contribution in [0, 0.1) is 11.8 Å². The van der Waals surface area contributed by atoms with Crippen LogP contribution in [-0.4, -0.2) is 112 Å². The Bertz CT molecular complexity index is 1760. The Morgan fingerprint density at radius 1 is 0.889 bits per heavy atom. The van der Waals surface area contributed by atoms with E-state index in [9.17, 15) is 24.6 Å². The summed E-state index contributed by atoms with van der Waals surface area (Å²) in [6.45, 7) is 6.80. The topological polar surface area (TPSA) is 202 Å². The van der Waals surface area contributed by atoms with E-state index in [0.717, 1.165) is 89.2 Å². The Labute approximate surface area is 315 Å². The van der Waals surface area contributed by atoms with Crippen LogP contribution in [0.25, 0.3) is 0 Å². The molecule has 7 N–H and O–H groups in total. The van der Waals surface area contributed by atoms with Gasteiger partial charge in [-0.2, -0.15) is 0 Å². The second-order valence-corrected chi connectivity index (χ2v) is 15.2. The maximum Gasteiger partial charge on any atom is 0.271 e. The Hall–Kier alpha value is -4.86. The molecule has 3 aromatic rings. The van der Waals surface area contributed by atoms with Crippen molar-refractivity contribution in [2.75, 3.05) is 67.5 Å². The predicted octanol–water partition coefficient (Wildman–Crippen LogP) is 2.35. The number of likely N-dealkylation sites (tertiary alicyclic amines) is 1. The number of piperidine rings is 4. The van der Waals surface area contributed by atoms with Gasteiger partial charge in [0.2, 0.25) is 5.91 Å². The van der Waals surface area contributed by atoms with Crippen LogP contribution in [0.5, 0.6) is 0 Å². The normalized spacial score (nSPS) is 23.1. The zero-order valence-corrected chi connectivity index (χ0v) is 30.7. The van der Waals surface area contributed by atoms with E-state index in [4.69, 9.17) is 10.7 Å². The van der Waals surface area contributed by atoms with Crippen molar-refractivity contribution >= 4 is 40.7 Å². The van der Waals surface area contributed by atoms with Gasteiger partial charge in [-0.3, -0.25) is 14.4 Å². The zero-order chi connectivity index (χ0) is 37.6. The molecule has 4 aliphatic heterocycles. The average molecular weight is 741 g/mol. The van der Waals surface area contributed by atoms with Crippen molar-refractivity contribution in [1.29, 1.82) is 0 Å². The van der Waals surface area contributed by atoms with Crippen molar-refractivity contribution in [2.24, 2.45) is 17.6 Å². The fraction of sp³-hybridized carbons (Fsp3) is 0.538. The van der Waals surface area contributed by atoms with Gasteiger partial charge in [0.1, 0.15) is 17.7 Å². The molecule has 2 unspecified atom stereocenters. The van der Waals surface area contributed by atoms with E-state index in [1.54, 1.807) is 18.5 Å². The number of nitrogens with zero attached hydrogens (tertiary/aromatic N) is 6. The van der Waals surface area contributed by atoms with E-state index < -0.39 is 18.2 Å². The second kappa shape index (κ2) is 17.1. The van der Waals surface area contributed by atoms with Gasteiger partial charge < -0.3 is 46.6 Å². The predicted molar refractivity (Wildman–Crippen MR) is 205 cm³/mol. The molecule has 4 saturated heterocycles. The van der Waals surface area contributed by atoms with E-state index in [0.29, 0.717) is 36.4 Å². The van der Waals surface area contributed by atoms with E-state index in [-0.39, 0.29) is 42.1 Å². The van der Waals surface area contributed by atoms with Crippen molar-refractivity contribution in [3.8, 4) is 0 Å². The molecule has 0 bridgehead atoms. The van der Waals surface area contributed by atoms with Gasteiger partial charge in [0, 0.05) is 51.4 Å². The number of hydrogen-bond donors (Lipinski definition) is 6. The van der Waals surface area contributed by atoms with Crippen LogP contribution in [0.2, 0.25) is 0 Å². The monoisotopic (exact) mass is 740 g/mol. The quantitative estimate of drug-likeness (QED) is 0.168. The van der Waals surface area contributed by atoms with Crippen LogP contribution in [0.3, 0.4) is 0 Å². The van der Waals surface area contributed by atoms with Gasteiger partial charge in [0.15, 0.2) is 11.5 Å². The van der Waals surface area contributed by atoms with E-state index >= 15 is 0 Å². The van der Waals surface area contributed by atoms with E-state index in [1.807, 2.05) is 18.2 Å². The van der Waals surface area contributed by atoms with Crippen LogP contribution in [0.1, 0.15) is 83.8 Å². The maximum absolute atomic E-state index is 12.7. The minimum atomic E-state index is -1.09. The molecule has 0 radical (unpaired) electrons. The number of pyridine rings is 1. The Morgan fingerprint density at radius 2 is 1.67 bits per heavy atom. The Morgan fingerprint density at radius 3 is 2.35 bits per heavy atom. The number of amides is 3. The summed E-state index contributed by atoms with van der Waals surface area (Å²) in [4.78, 5) is 56.8. The number of anilines is 4. The summed E-state index contributed by atoms with van der Waals surface area (Å²) in [6, 6.07) is 11.5. The summed E-state index contributed by atoms with van der Waals surface area (Å²) in [7, 11) is 0. The first-order valence-electron chi connectivity index (χ1n) is 19.3. The van der Waals surface area contributed by atoms with E-state index in [1.165, 1.54) is 5.56 Å². The average Bonchev–Trinajstić information content (AvgIpc) is 3.20. The lowest BCUT2D eigenvalue weighted by atomic mass is 9.88. The minimum absolute atomic E-state index is 0.0980. The third kappa shape index (κ3) is 9.08. The fourth-order valence-electron chi connectivity index (χ4n) is 8.27. The van der Waals surface area contributed by atoms with Gasteiger partial charge in [-0.25, -0.2) is 15.0 Å². The zero-order valence-electron chi connectivity index (χ0n) is 30.7. The van der Waals surface area contributed by atoms with Gasteiger partial charge in [-0.05, 0) is 106 Å². The number of carbonyl (C=O) groups is 3. The molecule has 0 spiro atoms. The Balaban J connectivity index is 0.853. The summed E-state index contributed by atoms with van der Waals surface area (Å²) < 4.78 is 0. The first kappa shape index (κ1) is 37.5. The van der Waals surface area contributed by atoms with Gasteiger partial charge >= 0.3 is 0 Å². The standard InChI is InChI=1S/C39H52N10O5/c40-36(52)35-37(45-33(21-42-35)49-15-1-2-26(23-49)24-50)43-29-5-3-27(4-6-29)28-13-16-47(17-14-28)22-25-11-18-48(19-12-25)30-7-8-31(41-20-30)38(53)44-32-9-10-34(51)46-39(32)54/h3-8,20-21,25-26,28,32,39,50,54H,1-2,9-19,22-24H2,(H2,40,52)(H,43,45)(H,44,53)(H,46,51)/t26-,32?,39?/m1/s1. The largest absolute Gasteiger partial charge is 0.396 e.